The molecule has 2 heterocycles. The number of aliphatic hydroxyl groups is 1. The molecule has 0 fully saturated rings. The predicted molar refractivity (Wildman–Crippen MR) is 128 cm³/mol. The molecule has 7 heteroatoms. The van der Waals surface area contributed by atoms with Gasteiger partial charge in [-0.2, -0.15) is 5.10 Å². The van der Waals surface area contributed by atoms with Gasteiger partial charge in [-0.05, 0) is 53.9 Å². The molecule has 5 aromatic rings. The smallest absolute Gasteiger partial charge is 0.348 e. The second kappa shape index (κ2) is 8.80. The molecule has 0 spiro atoms. The first-order chi connectivity index (χ1) is 16.1. The topological polar surface area (TPSA) is 85.1 Å². The Balaban J connectivity index is 1.59. The van der Waals surface area contributed by atoms with Crippen LogP contribution < -0.4 is 10.4 Å². The number of H-pyrrole nitrogens is 1. The molecule has 0 bridgehead atoms. The number of hydrogen-bond acceptors (Lipinski definition) is 4. The molecule has 0 saturated heterocycles. The lowest BCUT2D eigenvalue weighted by molar-refractivity contribution is 0.297. The third-order valence-corrected chi connectivity index (χ3v) is 5.72. The number of aromatic nitrogens is 4. The van der Waals surface area contributed by atoms with Crippen molar-refractivity contribution in [2.75, 3.05) is 6.61 Å². The van der Waals surface area contributed by atoms with Gasteiger partial charge in [-0.3, -0.25) is 0 Å². The van der Waals surface area contributed by atoms with Crippen LogP contribution in [0.2, 0.25) is 0 Å². The normalized spacial score (nSPS) is 11.2. The molecule has 0 atom stereocenters. The predicted octanol–water partition coefficient (Wildman–Crippen LogP) is 3.83. The van der Waals surface area contributed by atoms with Gasteiger partial charge in [0.2, 0.25) is 0 Å². The largest absolute Gasteiger partial charge is 0.488 e. The van der Waals surface area contributed by atoms with Crippen LogP contribution in [0.1, 0.15) is 11.1 Å². The number of ether oxygens (including phenoxy) is 1. The number of hydrogen-bond donors (Lipinski definition) is 2. The highest BCUT2D eigenvalue weighted by molar-refractivity contribution is 5.82. The Morgan fingerprint density at radius 2 is 1.85 bits per heavy atom. The van der Waals surface area contributed by atoms with Crippen LogP contribution in [0, 0.1) is 0 Å². The molecule has 33 heavy (non-hydrogen) atoms. The Hall–Kier alpha value is -4.10. The maximum Gasteiger partial charge on any atom is 0.348 e. The molecular formula is C26H24N4O3. The van der Waals surface area contributed by atoms with Crippen molar-refractivity contribution in [2.24, 2.45) is 7.05 Å². The zero-order chi connectivity index (χ0) is 22.8. The summed E-state index contributed by atoms with van der Waals surface area (Å²) in [6, 6.07) is 23.5. The van der Waals surface area contributed by atoms with Gasteiger partial charge >= 0.3 is 5.69 Å². The van der Waals surface area contributed by atoms with Crippen molar-refractivity contribution in [1.29, 1.82) is 0 Å². The minimum atomic E-state index is -0.325. The van der Waals surface area contributed by atoms with Gasteiger partial charge in [0.05, 0.1) is 11.3 Å². The quantitative estimate of drug-likeness (QED) is 0.403. The minimum Gasteiger partial charge on any atom is -0.488 e. The molecule has 0 aliphatic carbocycles. The highest BCUT2D eigenvalue weighted by atomic mass is 16.5. The van der Waals surface area contributed by atoms with Crippen molar-refractivity contribution in [3.63, 3.8) is 0 Å². The maximum absolute atomic E-state index is 12.8. The van der Waals surface area contributed by atoms with E-state index in [-0.39, 0.29) is 12.3 Å². The van der Waals surface area contributed by atoms with Gasteiger partial charge in [0, 0.05) is 30.8 Å². The first-order valence-corrected chi connectivity index (χ1v) is 10.8. The number of aryl methyl sites for hydroxylation is 1. The number of aliphatic hydroxyl groups excluding tert-OH is 1. The van der Waals surface area contributed by atoms with Crippen LogP contribution in [-0.4, -0.2) is 31.0 Å². The van der Waals surface area contributed by atoms with Crippen molar-refractivity contribution < 1.29 is 9.84 Å². The molecule has 0 saturated carbocycles. The number of nitrogens with zero attached hydrogens (tertiary/aromatic N) is 3. The number of benzene rings is 3. The highest BCUT2D eigenvalue weighted by Gasteiger charge is 2.18. The number of aromatic amines is 1. The van der Waals surface area contributed by atoms with E-state index >= 15 is 0 Å². The van der Waals surface area contributed by atoms with Crippen molar-refractivity contribution in [1.82, 2.24) is 19.3 Å². The second-order valence-corrected chi connectivity index (χ2v) is 7.94. The van der Waals surface area contributed by atoms with E-state index in [0.717, 1.165) is 27.7 Å². The van der Waals surface area contributed by atoms with E-state index < -0.39 is 0 Å². The van der Waals surface area contributed by atoms with Crippen LogP contribution in [0.25, 0.3) is 28.0 Å². The fraction of sp³-hybridized carbons (Fsp3) is 0.154. The zero-order valence-electron chi connectivity index (χ0n) is 18.2. The zero-order valence-corrected chi connectivity index (χ0v) is 18.2. The summed E-state index contributed by atoms with van der Waals surface area (Å²) in [5.41, 5.74) is 4.14. The molecule has 166 valence electrons. The van der Waals surface area contributed by atoms with E-state index in [0.29, 0.717) is 30.2 Å². The van der Waals surface area contributed by atoms with Crippen molar-refractivity contribution in [2.45, 2.75) is 13.0 Å². The lowest BCUT2D eigenvalue weighted by atomic mass is 10.1. The summed E-state index contributed by atoms with van der Waals surface area (Å²) >= 11 is 0. The van der Waals surface area contributed by atoms with Crippen LogP contribution in [0.3, 0.4) is 0 Å². The van der Waals surface area contributed by atoms with E-state index in [4.69, 9.17) is 4.74 Å². The molecule has 0 amide bonds. The van der Waals surface area contributed by atoms with Crippen LogP contribution in [-0.2, 0) is 20.1 Å². The first-order valence-electron chi connectivity index (χ1n) is 10.8. The van der Waals surface area contributed by atoms with Gasteiger partial charge in [-0.1, -0.05) is 36.4 Å². The summed E-state index contributed by atoms with van der Waals surface area (Å²) in [6.45, 7) is 0.419. The van der Waals surface area contributed by atoms with E-state index in [9.17, 15) is 9.90 Å². The summed E-state index contributed by atoms with van der Waals surface area (Å²) < 4.78 is 9.78. The lowest BCUT2D eigenvalue weighted by Crippen LogP contribution is -2.16. The van der Waals surface area contributed by atoms with Crippen molar-refractivity contribution >= 4 is 10.9 Å². The van der Waals surface area contributed by atoms with Gasteiger partial charge in [0.15, 0.2) is 5.82 Å². The van der Waals surface area contributed by atoms with E-state index in [1.807, 2.05) is 90.6 Å². The molecule has 3 aromatic carbocycles. The second-order valence-electron chi connectivity index (χ2n) is 7.94. The Kier molecular flexibility index (Phi) is 5.54. The summed E-state index contributed by atoms with van der Waals surface area (Å²) in [7, 11) is 1.99. The first kappa shape index (κ1) is 20.8. The molecule has 7 nitrogen and oxygen atoms in total. The van der Waals surface area contributed by atoms with Gasteiger partial charge in [-0.25, -0.2) is 14.5 Å². The number of rotatable bonds is 7. The van der Waals surface area contributed by atoms with Crippen molar-refractivity contribution in [3.05, 3.63) is 101 Å². The molecule has 5 rings (SSSR count). The van der Waals surface area contributed by atoms with Gasteiger partial charge in [-0.15, -0.1) is 0 Å². The molecule has 2 N–H and O–H groups in total. The molecule has 0 aliphatic rings. The molecule has 2 aromatic heterocycles. The maximum atomic E-state index is 12.8. The third-order valence-electron chi connectivity index (χ3n) is 5.72. The molecule has 0 unspecified atom stereocenters. The Labute approximate surface area is 190 Å². The monoisotopic (exact) mass is 440 g/mol. The molecular weight excluding hydrogens is 416 g/mol. The van der Waals surface area contributed by atoms with E-state index in [1.54, 1.807) is 4.57 Å². The van der Waals surface area contributed by atoms with Crippen LogP contribution in [0.4, 0.5) is 0 Å². The lowest BCUT2D eigenvalue weighted by Gasteiger charge is -2.14. The Morgan fingerprint density at radius 1 is 1.00 bits per heavy atom. The summed E-state index contributed by atoms with van der Waals surface area (Å²) in [5.74, 6) is 1.07. The average Bonchev–Trinajstić information content (AvgIpc) is 3.40. The third kappa shape index (κ3) is 4.06. The Bertz CT molecular complexity index is 1460. The van der Waals surface area contributed by atoms with E-state index in [2.05, 4.69) is 10.2 Å². The fourth-order valence-corrected chi connectivity index (χ4v) is 4.02. The van der Waals surface area contributed by atoms with Crippen LogP contribution in [0.5, 0.6) is 5.75 Å². The number of fused-ring (bicyclic) bond motifs is 1. The number of nitrogens with one attached hydrogen (secondary N) is 1. The summed E-state index contributed by atoms with van der Waals surface area (Å²) in [4.78, 5) is 12.8. The average molecular weight is 441 g/mol. The SMILES string of the molecule is Cn1ccc2cc(-n3c(-c4ccc(CCO)cc4OCc4ccccc4)n[nH]c3=O)ccc21. The van der Waals surface area contributed by atoms with Crippen LogP contribution >= 0.6 is 0 Å². The van der Waals surface area contributed by atoms with Gasteiger partial charge in [0.1, 0.15) is 12.4 Å². The van der Waals surface area contributed by atoms with Gasteiger partial charge in [0.25, 0.3) is 0 Å². The van der Waals surface area contributed by atoms with Crippen molar-refractivity contribution in [3.8, 4) is 22.8 Å². The molecule has 0 aliphatic heterocycles. The minimum absolute atomic E-state index is 0.0433. The van der Waals surface area contributed by atoms with Crippen LogP contribution in [0.15, 0.2) is 83.8 Å². The molecule has 0 radical (unpaired) electrons. The fourth-order valence-electron chi connectivity index (χ4n) is 4.02. The standard InChI is InChI=1S/C26H24N4O3/c1-29-13-11-20-16-21(8-10-23(20)29)30-25(27-28-26(30)32)22-9-7-18(12-14-31)15-24(22)33-17-19-5-3-2-4-6-19/h2-11,13,15-16,31H,12,14,17H2,1H3,(H,28,32). The summed E-state index contributed by atoms with van der Waals surface area (Å²) in [5, 5.41) is 17.3. The van der Waals surface area contributed by atoms with Gasteiger partial charge < -0.3 is 14.4 Å². The Morgan fingerprint density at radius 3 is 2.67 bits per heavy atom. The summed E-state index contributed by atoms with van der Waals surface area (Å²) in [6.07, 6.45) is 2.50. The highest BCUT2D eigenvalue weighted by Crippen LogP contribution is 2.32. The van der Waals surface area contributed by atoms with E-state index in [1.165, 1.54) is 0 Å².